The maximum absolute atomic E-state index is 11.5. The monoisotopic (exact) mass is 210 g/mol. The van der Waals surface area contributed by atoms with E-state index in [1.165, 1.54) is 11.8 Å². The Bertz CT molecular complexity index is 387. The summed E-state index contributed by atoms with van der Waals surface area (Å²) in [6.45, 7) is 2.28. The van der Waals surface area contributed by atoms with Gasteiger partial charge in [-0.3, -0.25) is 30.1 Å². The molecule has 7 heteroatoms. The lowest BCUT2D eigenvalue weighted by Crippen LogP contribution is -2.43. The van der Waals surface area contributed by atoms with E-state index in [1.54, 1.807) is 0 Å². The second-order valence-electron chi connectivity index (χ2n) is 3.24. The van der Waals surface area contributed by atoms with Crippen LogP contribution in [0.25, 0.3) is 0 Å². The quantitative estimate of drug-likeness (QED) is 0.428. The van der Waals surface area contributed by atoms with Crippen LogP contribution in [0.3, 0.4) is 0 Å². The minimum Gasteiger partial charge on any atom is -0.368 e. The molecule has 3 N–H and O–H groups in total. The van der Waals surface area contributed by atoms with Gasteiger partial charge < -0.3 is 5.32 Å². The molecule has 2 aliphatic rings. The average Bonchev–Trinajstić information content (AvgIpc) is 2.61. The molecule has 0 aromatic rings. The molecule has 2 aliphatic heterocycles. The Kier molecular flexibility index (Phi) is 2.07. The van der Waals surface area contributed by atoms with Crippen LogP contribution in [0.4, 0.5) is 0 Å². The van der Waals surface area contributed by atoms with E-state index in [1.807, 2.05) is 0 Å². The minimum atomic E-state index is -0.771. The van der Waals surface area contributed by atoms with Gasteiger partial charge >= 0.3 is 11.8 Å². The Labute approximate surface area is 85.5 Å². The van der Waals surface area contributed by atoms with Gasteiger partial charge in [0.15, 0.2) is 5.78 Å². The molecule has 0 bridgehead atoms. The fourth-order valence-corrected chi connectivity index (χ4v) is 1.53. The van der Waals surface area contributed by atoms with Crippen LogP contribution in [0.2, 0.25) is 0 Å². The summed E-state index contributed by atoms with van der Waals surface area (Å²) in [5, 5.41) is 2.89. The van der Waals surface area contributed by atoms with Crippen LogP contribution in [-0.2, 0) is 14.4 Å². The van der Waals surface area contributed by atoms with Crippen molar-refractivity contribution in [2.24, 2.45) is 0 Å². The Morgan fingerprint density at radius 2 is 2.07 bits per heavy atom. The van der Waals surface area contributed by atoms with Crippen molar-refractivity contribution in [1.29, 1.82) is 0 Å². The molecule has 2 heterocycles. The third-order valence-electron chi connectivity index (χ3n) is 2.23. The van der Waals surface area contributed by atoms with Gasteiger partial charge in [-0.1, -0.05) is 0 Å². The molecule has 0 radical (unpaired) electrons. The van der Waals surface area contributed by atoms with Crippen LogP contribution < -0.4 is 16.2 Å². The van der Waals surface area contributed by atoms with Crippen molar-refractivity contribution in [3.63, 3.8) is 0 Å². The van der Waals surface area contributed by atoms with Crippen molar-refractivity contribution in [1.82, 2.24) is 21.1 Å². The number of nitrogens with one attached hydrogen (secondary N) is 3. The zero-order chi connectivity index (χ0) is 11.0. The van der Waals surface area contributed by atoms with E-state index in [0.29, 0.717) is 18.9 Å². The zero-order valence-corrected chi connectivity index (χ0v) is 8.09. The van der Waals surface area contributed by atoms with Gasteiger partial charge in [0.05, 0.1) is 0 Å². The first-order valence-corrected chi connectivity index (χ1v) is 4.48. The van der Waals surface area contributed by atoms with E-state index in [9.17, 15) is 14.4 Å². The fraction of sp³-hybridized carbons (Fsp3) is 0.375. The molecule has 1 saturated heterocycles. The molecular weight excluding hydrogens is 200 g/mol. The third-order valence-corrected chi connectivity index (χ3v) is 2.23. The Morgan fingerprint density at radius 1 is 1.33 bits per heavy atom. The van der Waals surface area contributed by atoms with Crippen LogP contribution in [-0.4, -0.2) is 35.6 Å². The second-order valence-corrected chi connectivity index (χ2v) is 3.24. The number of rotatable bonds is 1. The molecular formula is C8H10N4O3. The van der Waals surface area contributed by atoms with Gasteiger partial charge in [-0.2, -0.15) is 0 Å². The average molecular weight is 210 g/mol. The molecule has 2 amide bonds. The first-order chi connectivity index (χ1) is 7.11. The molecule has 0 saturated carbocycles. The smallest absolute Gasteiger partial charge is 0.328 e. The van der Waals surface area contributed by atoms with Gasteiger partial charge in [0.2, 0.25) is 0 Å². The standard InChI is InChI=1S/C8H10N4O3/c1-4(13)5-6-9-2-3-12(6)8(15)7(14)11-10-5/h9-10H,2-3H2,1H3,(H,11,14). The number of hydrazine groups is 1. The lowest BCUT2D eigenvalue weighted by Gasteiger charge is -2.13. The molecule has 0 atom stereocenters. The molecule has 1 fully saturated rings. The van der Waals surface area contributed by atoms with E-state index in [0.717, 1.165) is 0 Å². The van der Waals surface area contributed by atoms with Crippen LogP contribution in [0.5, 0.6) is 0 Å². The predicted octanol–water partition coefficient (Wildman–Crippen LogP) is -2.19. The number of allylic oxidation sites excluding steroid dienone is 1. The van der Waals surface area contributed by atoms with Gasteiger partial charge in [-0.05, 0) is 0 Å². The molecule has 80 valence electrons. The van der Waals surface area contributed by atoms with Gasteiger partial charge in [-0.15, -0.1) is 0 Å². The lowest BCUT2D eigenvalue weighted by atomic mass is 10.3. The second kappa shape index (κ2) is 3.26. The summed E-state index contributed by atoms with van der Waals surface area (Å²) in [5.74, 6) is -1.32. The van der Waals surface area contributed by atoms with E-state index in [2.05, 4.69) is 16.2 Å². The summed E-state index contributed by atoms with van der Waals surface area (Å²) in [7, 11) is 0. The van der Waals surface area contributed by atoms with E-state index >= 15 is 0 Å². The number of hydrogen-bond donors (Lipinski definition) is 3. The van der Waals surface area contributed by atoms with Crippen LogP contribution in [0.1, 0.15) is 6.92 Å². The van der Waals surface area contributed by atoms with Crippen LogP contribution in [0.15, 0.2) is 11.5 Å². The van der Waals surface area contributed by atoms with E-state index < -0.39 is 11.8 Å². The lowest BCUT2D eigenvalue weighted by molar-refractivity contribution is -0.144. The molecule has 0 aromatic carbocycles. The highest BCUT2D eigenvalue weighted by Crippen LogP contribution is 2.13. The predicted molar refractivity (Wildman–Crippen MR) is 48.7 cm³/mol. The summed E-state index contributed by atoms with van der Waals surface area (Å²) in [5.41, 5.74) is 4.79. The summed E-state index contributed by atoms with van der Waals surface area (Å²) in [6, 6.07) is 0. The largest absolute Gasteiger partial charge is 0.368 e. The van der Waals surface area contributed by atoms with Crippen LogP contribution in [0, 0.1) is 0 Å². The number of nitrogens with zero attached hydrogens (tertiary/aromatic N) is 1. The number of amides is 2. The number of carbonyl (C=O) groups is 3. The summed E-state index contributed by atoms with van der Waals surface area (Å²) in [4.78, 5) is 35.2. The van der Waals surface area contributed by atoms with Gasteiger partial charge in [0.1, 0.15) is 11.5 Å². The van der Waals surface area contributed by atoms with E-state index in [-0.39, 0.29) is 11.5 Å². The third kappa shape index (κ3) is 1.41. The van der Waals surface area contributed by atoms with Crippen molar-refractivity contribution in [2.75, 3.05) is 13.1 Å². The Morgan fingerprint density at radius 3 is 2.73 bits per heavy atom. The summed E-state index contributed by atoms with van der Waals surface area (Å²) >= 11 is 0. The van der Waals surface area contributed by atoms with Crippen molar-refractivity contribution < 1.29 is 14.4 Å². The molecule has 0 aliphatic carbocycles. The Hall–Kier alpha value is -2.05. The summed E-state index contributed by atoms with van der Waals surface area (Å²) < 4.78 is 0. The number of Topliss-reactive ketones (excluding diaryl/α,β-unsaturated/α-hetero) is 1. The molecule has 7 nitrogen and oxygen atoms in total. The molecule has 0 unspecified atom stereocenters. The SMILES string of the molecule is CC(=O)C1=C2NCCN2C(=O)C(=O)NN1. The highest BCUT2D eigenvalue weighted by Gasteiger charge is 2.34. The minimum absolute atomic E-state index is 0.201. The van der Waals surface area contributed by atoms with Crippen molar-refractivity contribution in [2.45, 2.75) is 6.92 Å². The Balaban J connectivity index is 2.44. The highest BCUT2D eigenvalue weighted by atomic mass is 16.2. The van der Waals surface area contributed by atoms with E-state index in [4.69, 9.17) is 0 Å². The van der Waals surface area contributed by atoms with Gasteiger partial charge in [0, 0.05) is 20.0 Å². The molecule has 15 heavy (non-hydrogen) atoms. The van der Waals surface area contributed by atoms with Crippen molar-refractivity contribution in [3.8, 4) is 0 Å². The van der Waals surface area contributed by atoms with Crippen molar-refractivity contribution in [3.05, 3.63) is 11.5 Å². The number of fused-ring (bicyclic) bond motifs is 1. The maximum atomic E-state index is 11.5. The highest BCUT2D eigenvalue weighted by molar-refractivity contribution is 6.35. The first-order valence-electron chi connectivity index (χ1n) is 4.48. The van der Waals surface area contributed by atoms with Gasteiger partial charge in [-0.25, -0.2) is 0 Å². The number of ketones is 1. The fourth-order valence-electron chi connectivity index (χ4n) is 1.53. The number of carbonyl (C=O) groups excluding carboxylic acids is 3. The molecule has 0 aromatic heterocycles. The first kappa shape index (κ1) is 9.50. The molecule has 0 spiro atoms. The van der Waals surface area contributed by atoms with Crippen LogP contribution >= 0.6 is 0 Å². The maximum Gasteiger partial charge on any atom is 0.328 e. The molecule has 2 rings (SSSR count). The van der Waals surface area contributed by atoms with Gasteiger partial charge in [0.25, 0.3) is 0 Å². The normalized spacial score (nSPS) is 20.2. The van der Waals surface area contributed by atoms with Crippen molar-refractivity contribution >= 4 is 17.6 Å². The topological polar surface area (TPSA) is 90.5 Å². The zero-order valence-electron chi connectivity index (χ0n) is 8.09. The number of hydrogen-bond acceptors (Lipinski definition) is 5. The summed E-state index contributed by atoms with van der Waals surface area (Å²) in [6.07, 6.45) is 0.